The number of esters is 1. The quantitative estimate of drug-likeness (QED) is 0.0753. The number of rotatable bonds is 11. The molecule has 0 aromatic heterocycles. The molecule has 2 aliphatic heterocycles. The summed E-state index contributed by atoms with van der Waals surface area (Å²) in [5, 5.41) is 6.29. The van der Waals surface area contributed by atoms with Crippen molar-refractivity contribution in [2.24, 2.45) is 11.0 Å². The maximum absolute atomic E-state index is 12.3. The summed E-state index contributed by atoms with van der Waals surface area (Å²) in [5.41, 5.74) is 10.6. The van der Waals surface area contributed by atoms with E-state index < -0.39 is 57.3 Å². The van der Waals surface area contributed by atoms with Crippen LogP contribution in [0.1, 0.15) is 58.8 Å². The molecule has 0 spiro atoms. The van der Waals surface area contributed by atoms with E-state index in [1.807, 2.05) is 42.5 Å². The number of methoxy groups -OCH3 is 1. The first kappa shape index (κ1) is 37.2. The first-order valence-corrected chi connectivity index (χ1v) is 19.7. The molecule has 3 aromatic rings. The second-order valence-electron chi connectivity index (χ2n) is 14.6. The number of carbonyl (C=O) groups excluding carboxylic acids is 1. The third-order valence-electron chi connectivity index (χ3n) is 10.3. The summed E-state index contributed by atoms with van der Waals surface area (Å²) in [5.74, 6) is -0.402. The molecule has 11 nitrogen and oxygen atoms in total. The molecule has 3 fully saturated rings. The SMILES string of the molecule is COC(=O)CO[C@@H]1C(N=[N+]=[N-])C(O[C@H]2CCC[C@@H](C)[C@@H]2O[Si](c2ccccc2)(c2ccccc2)C(C)(C)C)OC2COC(c3ccccc3)O[C@@H]21. The Kier molecular flexibility index (Phi) is 12.0. The molecule has 0 radical (unpaired) electrons. The van der Waals surface area contributed by atoms with Gasteiger partial charge in [-0.2, -0.15) is 0 Å². The van der Waals surface area contributed by atoms with Gasteiger partial charge in [0.05, 0.1) is 25.9 Å². The molecule has 272 valence electrons. The monoisotopic (exact) mass is 715 g/mol. The molecule has 51 heavy (non-hydrogen) atoms. The predicted octanol–water partition coefficient (Wildman–Crippen LogP) is 6.21. The number of benzene rings is 3. The number of ether oxygens (including phenoxy) is 6. The standard InChI is InChI=1S/C39H49N3O8Si/c1-26-16-15-23-30(34(26)50-51(39(2,3)4,28-19-11-7-12-20-28)29-21-13-8-14-22-29)47-38-33(41-42-40)36(45-25-32(43)44-5)35-31(48-38)24-46-37(49-35)27-17-9-6-10-18-27/h6-14,17-22,26,30-31,33-38H,15-16,23-25H2,1-5H3/t26-,30+,31?,33?,34+,35+,36-,37?,38?/m1/s1. The Morgan fingerprint density at radius 3 is 2.14 bits per heavy atom. The minimum atomic E-state index is -2.95. The van der Waals surface area contributed by atoms with Gasteiger partial charge in [0.2, 0.25) is 0 Å². The fraction of sp³-hybridized carbons (Fsp3) is 0.513. The van der Waals surface area contributed by atoms with Gasteiger partial charge in [-0.05, 0) is 39.7 Å². The van der Waals surface area contributed by atoms with Gasteiger partial charge in [-0.1, -0.05) is 130 Å². The Hall–Kier alpha value is -3.58. The van der Waals surface area contributed by atoms with Crippen molar-refractivity contribution in [3.8, 4) is 0 Å². The smallest absolute Gasteiger partial charge is 0.331 e. The lowest BCUT2D eigenvalue weighted by Gasteiger charge is -2.51. The van der Waals surface area contributed by atoms with Crippen molar-refractivity contribution in [3.63, 3.8) is 0 Å². The number of carbonyl (C=O) groups is 1. The highest BCUT2D eigenvalue weighted by atomic mass is 28.4. The van der Waals surface area contributed by atoms with Crippen LogP contribution in [0.4, 0.5) is 0 Å². The molecule has 0 amide bonds. The molecule has 0 N–H and O–H groups in total. The van der Waals surface area contributed by atoms with Gasteiger partial charge in [0.15, 0.2) is 12.6 Å². The topological polar surface area (TPSA) is 130 Å². The minimum absolute atomic E-state index is 0.166. The number of hydrogen-bond donors (Lipinski definition) is 0. The summed E-state index contributed by atoms with van der Waals surface area (Å²) in [4.78, 5) is 15.5. The van der Waals surface area contributed by atoms with Gasteiger partial charge in [0.25, 0.3) is 8.32 Å². The number of nitrogens with zero attached hydrogens (tertiary/aromatic N) is 3. The number of fused-ring (bicyclic) bond motifs is 1. The van der Waals surface area contributed by atoms with E-state index in [-0.39, 0.29) is 30.3 Å². The van der Waals surface area contributed by atoms with Crippen LogP contribution in [0.5, 0.6) is 0 Å². The Morgan fingerprint density at radius 1 is 0.922 bits per heavy atom. The third-order valence-corrected chi connectivity index (χ3v) is 15.3. The van der Waals surface area contributed by atoms with Crippen LogP contribution >= 0.6 is 0 Å². The molecular formula is C39H49N3O8Si. The molecule has 2 heterocycles. The highest BCUT2D eigenvalue weighted by Gasteiger charge is 2.55. The van der Waals surface area contributed by atoms with Gasteiger partial charge in [0, 0.05) is 10.5 Å². The number of azide groups is 1. The zero-order chi connectivity index (χ0) is 36.0. The van der Waals surface area contributed by atoms with Crippen LogP contribution < -0.4 is 10.4 Å². The predicted molar refractivity (Wildman–Crippen MR) is 194 cm³/mol. The van der Waals surface area contributed by atoms with Crippen LogP contribution in [0.2, 0.25) is 5.04 Å². The summed E-state index contributed by atoms with van der Waals surface area (Å²) in [6, 6.07) is 29.7. The Morgan fingerprint density at radius 2 is 1.55 bits per heavy atom. The van der Waals surface area contributed by atoms with E-state index in [0.29, 0.717) is 0 Å². The van der Waals surface area contributed by atoms with Gasteiger partial charge in [-0.3, -0.25) is 0 Å². The summed E-state index contributed by atoms with van der Waals surface area (Å²) in [6.07, 6.45) is -2.02. The van der Waals surface area contributed by atoms with E-state index in [0.717, 1.165) is 24.8 Å². The van der Waals surface area contributed by atoms with E-state index in [9.17, 15) is 10.3 Å². The van der Waals surface area contributed by atoms with Crippen molar-refractivity contribution in [2.45, 2.75) is 101 Å². The molecule has 9 atom stereocenters. The summed E-state index contributed by atoms with van der Waals surface area (Å²) < 4.78 is 44.8. The molecular weight excluding hydrogens is 667 g/mol. The molecule has 0 bridgehead atoms. The maximum atomic E-state index is 12.3. The molecule has 2 saturated heterocycles. The van der Waals surface area contributed by atoms with Gasteiger partial charge >= 0.3 is 5.97 Å². The minimum Gasteiger partial charge on any atom is -0.467 e. The van der Waals surface area contributed by atoms with Crippen LogP contribution in [-0.2, 0) is 37.6 Å². The highest BCUT2D eigenvalue weighted by molar-refractivity contribution is 6.99. The normalized spacial score (nSPS) is 29.7. The maximum Gasteiger partial charge on any atom is 0.331 e. The molecule has 3 aromatic carbocycles. The van der Waals surface area contributed by atoms with Gasteiger partial charge < -0.3 is 32.8 Å². The molecule has 12 heteroatoms. The van der Waals surface area contributed by atoms with Crippen molar-refractivity contribution >= 4 is 24.7 Å². The fourth-order valence-electron chi connectivity index (χ4n) is 7.79. The summed E-state index contributed by atoms with van der Waals surface area (Å²) in [6.45, 7) is 8.82. The highest BCUT2D eigenvalue weighted by Crippen LogP contribution is 2.43. The summed E-state index contributed by atoms with van der Waals surface area (Å²) in [7, 11) is -1.65. The van der Waals surface area contributed by atoms with Gasteiger partial charge in [0.1, 0.15) is 31.0 Å². The largest absolute Gasteiger partial charge is 0.467 e. The van der Waals surface area contributed by atoms with Crippen LogP contribution in [0.15, 0.2) is 96.1 Å². The van der Waals surface area contributed by atoms with Gasteiger partial charge in [-0.25, -0.2) is 4.79 Å². The van der Waals surface area contributed by atoms with Gasteiger partial charge in [-0.15, -0.1) is 0 Å². The van der Waals surface area contributed by atoms with Crippen LogP contribution in [0.25, 0.3) is 10.4 Å². The van der Waals surface area contributed by atoms with Crippen molar-refractivity contribution in [3.05, 3.63) is 107 Å². The molecule has 4 unspecified atom stereocenters. The van der Waals surface area contributed by atoms with Crippen LogP contribution in [0.3, 0.4) is 0 Å². The van der Waals surface area contributed by atoms with Crippen LogP contribution in [-0.4, -0.2) is 77.5 Å². The Balaban J connectivity index is 1.34. The van der Waals surface area contributed by atoms with Crippen molar-refractivity contribution in [1.82, 2.24) is 0 Å². The zero-order valence-corrected chi connectivity index (χ0v) is 31.0. The van der Waals surface area contributed by atoms with E-state index in [2.05, 4.69) is 86.3 Å². The lowest BCUT2D eigenvalue weighted by Crippen LogP contribution is -2.69. The van der Waals surface area contributed by atoms with Crippen molar-refractivity contribution < 1.29 is 37.6 Å². The molecule has 1 saturated carbocycles. The van der Waals surface area contributed by atoms with E-state index >= 15 is 0 Å². The molecule has 6 rings (SSSR count). The lowest BCUT2D eigenvalue weighted by molar-refractivity contribution is -0.353. The Labute approximate surface area is 301 Å². The first-order chi connectivity index (χ1) is 24.7. The number of hydrogen-bond acceptors (Lipinski definition) is 9. The second kappa shape index (κ2) is 16.4. The second-order valence-corrected chi connectivity index (χ2v) is 18.8. The summed E-state index contributed by atoms with van der Waals surface area (Å²) >= 11 is 0. The molecule has 3 aliphatic rings. The Bertz CT molecular complexity index is 1580. The fourth-order valence-corrected chi connectivity index (χ4v) is 12.6. The van der Waals surface area contributed by atoms with E-state index in [4.69, 9.17) is 32.8 Å². The van der Waals surface area contributed by atoms with E-state index in [1.54, 1.807) is 0 Å². The van der Waals surface area contributed by atoms with Crippen molar-refractivity contribution in [2.75, 3.05) is 20.3 Å². The molecule has 1 aliphatic carbocycles. The zero-order valence-electron chi connectivity index (χ0n) is 30.0. The lowest BCUT2D eigenvalue weighted by atomic mass is 9.85. The first-order valence-electron chi connectivity index (χ1n) is 17.8. The average molecular weight is 716 g/mol. The van der Waals surface area contributed by atoms with Crippen molar-refractivity contribution in [1.29, 1.82) is 0 Å². The van der Waals surface area contributed by atoms with E-state index in [1.165, 1.54) is 17.5 Å². The third kappa shape index (κ3) is 7.94. The average Bonchev–Trinajstić information content (AvgIpc) is 3.15. The van der Waals surface area contributed by atoms with Crippen LogP contribution in [0, 0.1) is 5.92 Å².